The zero-order valence-electron chi connectivity index (χ0n) is 13.6. The molecule has 0 aliphatic rings. The lowest BCUT2D eigenvalue weighted by atomic mass is 10.1. The Morgan fingerprint density at radius 2 is 1.92 bits per heavy atom. The van der Waals surface area contributed by atoms with E-state index >= 15 is 0 Å². The smallest absolute Gasteiger partial charge is 0.339 e. The highest BCUT2D eigenvalue weighted by atomic mass is 16.5. The maximum absolute atomic E-state index is 11.7. The number of H-pyrrole nitrogens is 1. The molecule has 25 heavy (non-hydrogen) atoms. The van der Waals surface area contributed by atoms with Crippen molar-refractivity contribution in [2.24, 2.45) is 0 Å². The van der Waals surface area contributed by atoms with Crippen molar-refractivity contribution in [3.05, 3.63) is 88.1 Å². The number of rotatable bonds is 5. The van der Waals surface area contributed by atoms with E-state index in [4.69, 9.17) is 4.74 Å². The maximum Gasteiger partial charge on any atom is 0.339 e. The summed E-state index contributed by atoms with van der Waals surface area (Å²) < 4.78 is 10.4. The Hall–Kier alpha value is -3.41. The van der Waals surface area contributed by atoms with Crippen LogP contribution >= 0.6 is 0 Å². The maximum atomic E-state index is 11.7. The van der Waals surface area contributed by atoms with Crippen LogP contribution in [0.1, 0.15) is 21.5 Å². The average molecular weight is 336 g/mol. The van der Waals surface area contributed by atoms with Gasteiger partial charge in [0.25, 0.3) is 5.56 Å². The van der Waals surface area contributed by atoms with Crippen molar-refractivity contribution in [2.75, 3.05) is 7.11 Å². The Bertz CT molecular complexity index is 932. The van der Waals surface area contributed by atoms with Crippen LogP contribution in [0.15, 0.2) is 65.8 Å². The lowest BCUT2D eigenvalue weighted by Crippen LogP contribution is -2.11. The van der Waals surface area contributed by atoms with Gasteiger partial charge in [-0.05, 0) is 29.8 Å². The Morgan fingerprint density at radius 1 is 1.12 bits per heavy atom. The fourth-order valence-corrected chi connectivity index (χ4v) is 2.33. The zero-order chi connectivity index (χ0) is 17.6. The number of esters is 1. The molecule has 1 aromatic carbocycles. The van der Waals surface area contributed by atoms with Crippen LogP contribution in [-0.4, -0.2) is 23.0 Å². The zero-order valence-corrected chi connectivity index (χ0v) is 13.6. The van der Waals surface area contributed by atoms with Gasteiger partial charge >= 0.3 is 5.97 Å². The van der Waals surface area contributed by atoms with Gasteiger partial charge in [-0.2, -0.15) is 0 Å². The van der Waals surface area contributed by atoms with Crippen molar-refractivity contribution in [3.63, 3.8) is 0 Å². The molecule has 3 aromatic rings. The molecule has 6 heteroatoms. The van der Waals surface area contributed by atoms with E-state index in [1.54, 1.807) is 36.5 Å². The Morgan fingerprint density at radius 3 is 2.64 bits per heavy atom. The fourth-order valence-electron chi connectivity index (χ4n) is 2.33. The number of aromatic amines is 1. The Balaban J connectivity index is 1.72. The predicted molar refractivity (Wildman–Crippen MR) is 92.0 cm³/mol. The molecule has 0 amide bonds. The molecule has 0 unspecified atom stereocenters. The third kappa shape index (κ3) is 4.11. The lowest BCUT2D eigenvalue weighted by Gasteiger charge is -2.07. The molecule has 2 aromatic heterocycles. The predicted octanol–water partition coefficient (Wildman–Crippen LogP) is 2.94. The normalized spacial score (nSPS) is 10.3. The van der Waals surface area contributed by atoms with E-state index in [2.05, 4.69) is 14.7 Å². The molecule has 0 saturated carbocycles. The molecule has 0 bridgehead atoms. The van der Waals surface area contributed by atoms with Crippen molar-refractivity contribution in [3.8, 4) is 11.5 Å². The molecular formula is C19H16N2O4. The summed E-state index contributed by atoms with van der Waals surface area (Å²) in [6.07, 6.45) is 5.08. The van der Waals surface area contributed by atoms with Gasteiger partial charge in [-0.1, -0.05) is 18.2 Å². The summed E-state index contributed by atoms with van der Waals surface area (Å²) in [6.45, 7) is 0. The Labute approximate surface area is 144 Å². The van der Waals surface area contributed by atoms with Crippen LogP contribution in [-0.2, 0) is 11.2 Å². The largest absolute Gasteiger partial charge is 0.465 e. The molecule has 0 saturated heterocycles. The van der Waals surface area contributed by atoms with Gasteiger partial charge in [-0.25, -0.2) is 4.79 Å². The van der Waals surface area contributed by atoms with Gasteiger partial charge in [0, 0.05) is 24.4 Å². The SMILES string of the molecule is COC(=O)c1cncc(Oc2ccc(Cc3ccc[nH]c3=O)cc2)c1. The second-order valence-electron chi connectivity index (χ2n) is 5.35. The number of carbonyl (C=O) groups excluding carboxylic acids is 1. The lowest BCUT2D eigenvalue weighted by molar-refractivity contribution is 0.0600. The third-order valence-corrected chi connectivity index (χ3v) is 3.59. The van der Waals surface area contributed by atoms with Crippen LogP contribution < -0.4 is 10.3 Å². The first-order chi connectivity index (χ1) is 12.2. The molecule has 0 aliphatic heterocycles. The van der Waals surface area contributed by atoms with E-state index in [-0.39, 0.29) is 5.56 Å². The molecule has 2 heterocycles. The monoisotopic (exact) mass is 336 g/mol. The summed E-state index contributed by atoms with van der Waals surface area (Å²) in [6, 6.07) is 12.5. The van der Waals surface area contributed by atoms with Gasteiger partial charge in [-0.3, -0.25) is 9.78 Å². The minimum absolute atomic E-state index is 0.0893. The van der Waals surface area contributed by atoms with Crippen LogP contribution in [0.25, 0.3) is 0 Å². The van der Waals surface area contributed by atoms with E-state index in [0.717, 1.165) is 5.56 Å². The van der Waals surface area contributed by atoms with Crippen LogP contribution in [0.4, 0.5) is 0 Å². The minimum atomic E-state index is -0.471. The van der Waals surface area contributed by atoms with E-state index in [1.165, 1.54) is 19.5 Å². The highest BCUT2D eigenvalue weighted by molar-refractivity contribution is 5.89. The summed E-state index contributed by atoms with van der Waals surface area (Å²) in [5, 5.41) is 0. The highest BCUT2D eigenvalue weighted by Gasteiger charge is 2.08. The van der Waals surface area contributed by atoms with Crippen LogP contribution in [0.3, 0.4) is 0 Å². The molecule has 0 spiro atoms. The number of nitrogens with one attached hydrogen (secondary N) is 1. The van der Waals surface area contributed by atoms with Gasteiger partial charge in [0.15, 0.2) is 0 Å². The molecule has 0 atom stereocenters. The van der Waals surface area contributed by atoms with Crippen LogP contribution in [0.5, 0.6) is 11.5 Å². The fraction of sp³-hybridized carbons (Fsp3) is 0.105. The minimum Gasteiger partial charge on any atom is -0.465 e. The first-order valence-electron chi connectivity index (χ1n) is 7.62. The van der Waals surface area contributed by atoms with Gasteiger partial charge in [0.1, 0.15) is 11.5 Å². The van der Waals surface area contributed by atoms with Crippen molar-refractivity contribution in [1.29, 1.82) is 0 Å². The van der Waals surface area contributed by atoms with Crippen molar-refractivity contribution in [2.45, 2.75) is 6.42 Å². The molecule has 3 rings (SSSR count). The summed E-state index contributed by atoms with van der Waals surface area (Å²) in [5.74, 6) is 0.575. The number of pyridine rings is 2. The second-order valence-corrected chi connectivity index (χ2v) is 5.35. The van der Waals surface area contributed by atoms with Gasteiger partial charge < -0.3 is 14.5 Å². The molecular weight excluding hydrogens is 320 g/mol. The topological polar surface area (TPSA) is 81.3 Å². The number of nitrogens with zero attached hydrogens (tertiary/aromatic N) is 1. The highest BCUT2D eigenvalue weighted by Crippen LogP contribution is 2.22. The number of ether oxygens (including phenoxy) is 2. The summed E-state index contributed by atoms with van der Waals surface area (Å²) in [5.41, 5.74) is 1.92. The number of carbonyl (C=O) groups is 1. The van der Waals surface area contributed by atoms with Crippen molar-refractivity contribution >= 4 is 5.97 Å². The number of hydrogen-bond donors (Lipinski definition) is 1. The van der Waals surface area contributed by atoms with Crippen LogP contribution in [0, 0.1) is 0 Å². The average Bonchev–Trinajstić information content (AvgIpc) is 2.65. The summed E-state index contributed by atoms with van der Waals surface area (Å²) in [7, 11) is 1.31. The van der Waals surface area contributed by atoms with Crippen molar-refractivity contribution in [1.82, 2.24) is 9.97 Å². The van der Waals surface area contributed by atoms with Crippen LogP contribution in [0.2, 0.25) is 0 Å². The van der Waals surface area contributed by atoms with Gasteiger partial charge in [0.2, 0.25) is 0 Å². The van der Waals surface area contributed by atoms with E-state index in [1.807, 2.05) is 12.1 Å². The molecule has 1 N–H and O–H groups in total. The van der Waals surface area contributed by atoms with Gasteiger partial charge in [0.05, 0.1) is 18.9 Å². The number of hydrogen-bond acceptors (Lipinski definition) is 5. The van der Waals surface area contributed by atoms with Gasteiger partial charge in [-0.15, -0.1) is 0 Å². The first kappa shape index (κ1) is 16.4. The number of methoxy groups -OCH3 is 1. The number of benzene rings is 1. The van der Waals surface area contributed by atoms with E-state index in [9.17, 15) is 9.59 Å². The quantitative estimate of drug-likeness (QED) is 0.725. The third-order valence-electron chi connectivity index (χ3n) is 3.59. The first-order valence-corrected chi connectivity index (χ1v) is 7.62. The standard InChI is InChI=1S/C19H16N2O4/c1-24-19(23)15-10-17(12-20-11-15)25-16-6-4-13(5-7-16)9-14-3-2-8-21-18(14)22/h2-8,10-12H,9H2,1H3,(H,21,22). The molecule has 126 valence electrons. The number of aromatic nitrogens is 2. The molecule has 0 radical (unpaired) electrons. The molecule has 0 aliphatic carbocycles. The molecule has 6 nitrogen and oxygen atoms in total. The van der Waals surface area contributed by atoms with E-state index < -0.39 is 5.97 Å². The second kappa shape index (κ2) is 7.44. The summed E-state index contributed by atoms with van der Waals surface area (Å²) >= 11 is 0. The molecule has 0 fully saturated rings. The summed E-state index contributed by atoms with van der Waals surface area (Å²) in [4.78, 5) is 29.9. The van der Waals surface area contributed by atoms with Crippen molar-refractivity contribution < 1.29 is 14.3 Å². The van der Waals surface area contributed by atoms with E-state index in [0.29, 0.717) is 29.0 Å². The Kier molecular flexibility index (Phi) is 4.89.